The van der Waals surface area contributed by atoms with Crippen LogP contribution in [0.5, 0.6) is 0 Å². The van der Waals surface area contributed by atoms with Crippen molar-refractivity contribution >= 4 is 21.5 Å². The van der Waals surface area contributed by atoms with Crippen LogP contribution in [0.2, 0.25) is 0 Å². The van der Waals surface area contributed by atoms with Crippen LogP contribution in [-0.2, 0) is 10.0 Å². The van der Waals surface area contributed by atoms with E-state index in [0.29, 0.717) is 23.1 Å². The van der Waals surface area contributed by atoms with Crippen LogP contribution in [0, 0.1) is 0 Å². The second-order valence-electron chi connectivity index (χ2n) is 5.94. The van der Waals surface area contributed by atoms with Gasteiger partial charge in [0.15, 0.2) is 10.9 Å². The first-order chi connectivity index (χ1) is 12.0. The van der Waals surface area contributed by atoms with Gasteiger partial charge in [-0.25, -0.2) is 28.5 Å². The van der Waals surface area contributed by atoms with Gasteiger partial charge in [0.25, 0.3) is 10.0 Å². The van der Waals surface area contributed by atoms with Gasteiger partial charge >= 0.3 is 0 Å². The Labute approximate surface area is 144 Å². The SMILES string of the molecule is NS(=O)(=O)c1ccc(-c2nccc(Nc3c[nH]c(C4CC4)c3)n2)cn1. The van der Waals surface area contributed by atoms with E-state index < -0.39 is 10.0 Å². The van der Waals surface area contributed by atoms with Gasteiger partial charge in [-0.1, -0.05) is 0 Å². The minimum absolute atomic E-state index is 0.189. The van der Waals surface area contributed by atoms with E-state index >= 15 is 0 Å². The van der Waals surface area contributed by atoms with Crippen LogP contribution < -0.4 is 10.5 Å². The second-order valence-corrected chi connectivity index (χ2v) is 7.45. The number of pyridine rings is 1. The molecule has 0 spiro atoms. The molecule has 0 atom stereocenters. The van der Waals surface area contributed by atoms with Crippen LogP contribution in [0.25, 0.3) is 11.4 Å². The highest BCUT2D eigenvalue weighted by Crippen LogP contribution is 2.40. The summed E-state index contributed by atoms with van der Waals surface area (Å²) in [5.74, 6) is 1.73. The van der Waals surface area contributed by atoms with Crippen molar-refractivity contribution < 1.29 is 8.42 Å². The number of hydrogen-bond acceptors (Lipinski definition) is 6. The van der Waals surface area contributed by atoms with E-state index in [1.807, 2.05) is 6.20 Å². The first kappa shape index (κ1) is 15.7. The van der Waals surface area contributed by atoms with Crippen molar-refractivity contribution in [2.75, 3.05) is 5.32 Å². The van der Waals surface area contributed by atoms with Gasteiger partial charge < -0.3 is 10.3 Å². The van der Waals surface area contributed by atoms with Crippen molar-refractivity contribution in [3.63, 3.8) is 0 Å². The number of aromatic amines is 1. The average molecular weight is 356 g/mol. The maximum Gasteiger partial charge on any atom is 0.255 e. The summed E-state index contributed by atoms with van der Waals surface area (Å²) in [5, 5.41) is 8.09. The third kappa shape index (κ3) is 3.52. The number of hydrogen-bond donors (Lipinski definition) is 3. The molecule has 1 saturated carbocycles. The van der Waals surface area contributed by atoms with E-state index in [0.717, 1.165) is 5.69 Å². The molecule has 4 N–H and O–H groups in total. The third-order valence-electron chi connectivity index (χ3n) is 3.94. The molecule has 25 heavy (non-hydrogen) atoms. The zero-order valence-electron chi connectivity index (χ0n) is 13.2. The molecule has 0 aromatic carbocycles. The summed E-state index contributed by atoms with van der Waals surface area (Å²) >= 11 is 0. The number of nitrogens with two attached hydrogens (primary N) is 1. The topological polar surface area (TPSA) is 127 Å². The maximum absolute atomic E-state index is 11.3. The van der Waals surface area contributed by atoms with Crippen LogP contribution in [0.3, 0.4) is 0 Å². The molecule has 1 aliphatic rings. The highest BCUT2D eigenvalue weighted by Gasteiger charge is 2.24. The van der Waals surface area contributed by atoms with Gasteiger partial charge in [-0.3, -0.25) is 0 Å². The number of H-pyrrole nitrogens is 1. The van der Waals surface area contributed by atoms with E-state index in [2.05, 4.69) is 31.3 Å². The van der Waals surface area contributed by atoms with Crippen LogP contribution in [0.1, 0.15) is 24.5 Å². The fraction of sp³-hybridized carbons (Fsp3) is 0.188. The zero-order valence-corrected chi connectivity index (χ0v) is 14.0. The minimum Gasteiger partial charge on any atom is -0.363 e. The van der Waals surface area contributed by atoms with Gasteiger partial charge in [0.2, 0.25) is 0 Å². The first-order valence-electron chi connectivity index (χ1n) is 7.77. The molecule has 1 aliphatic carbocycles. The number of nitrogens with one attached hydrogen (secondary N) is 2. The van der Waals surface area contributed by atoms with Crippen molar-refractivity contribution in [3.8, 4) is 11.4 Å². The Bertz CT molecular complexity index is 1010. The summed E-state index contributed by atoms with van der Waals surface area (Å²) in [6.45, 7) is 0. The lowest BCUT2D eigenvalue weighted by atomic mass is 10.2. The monoisotopic (exact) mass is 356 g/mol. The van der Waals surface area contributed by atoms with Gasteiger partial charge in [-0.05, 0) is 43.0 Å². The molecule has 1 fully saturated rings. The Kier molecular flexibility index (Phi) is 3.74. The van der Waals surface area contributed by atoms with E-state index in [9.17, 15) is 8.42 Å². The molecule has 3 aromatic rings. The Morgan fingerprint density at radius 1 is 1.20 bits per heavy atom. The van der Waals surface area contributed by atoms with Gasteiger partial charge in [-0.2, -0.15) is 0 Å². The molecule has 0 saturated heterocycles. The Hall–Kier alpha value is -2.78. The smallest absolute Gasteiger partial charge is 0.255 e. The molecule has 0 radical (unpaired) electrons. The summed E-state index contributed by atoms with van der Waals surface area (Å²) in [6, 6.07) is 6.76. The minimum atomic E-state index is -3.82. The Morgan fingerprint density at radius 3 is 2.72 bits per heavy atom. The number of rotatable bonds is 5. The molecule has 3 heterocycles. The number of nitrogens with zero attached hydrogens (tertiary/aromatic N) is 3. The van der Waals surface area contributed by atoms with Gasteiger partial charge in [-0.15, -0.1) is 0 Å². The molecule has 0 unspecified atom stereocenters. The van der Waals surface area contributed by atoms with Gasteiger partial charge in [0, 0.05) is 29.8 Å². The second kappa shape index (κ2) is 5.94. The van der Waals surface area contributed by atoms with Crippen molar-refractivity contribution in [2.45, 2.75) is 23.8 Å². The lowest BCUT2D eigenvalue weighted by Crippen LogP contribution is -2.13. The molecule has 0 aliphatic heterocycles. The quantitative estimate of drug-likeness (QED) is 0.643. The van der Waals surface area contributed by atoms with E-state index in [1.54, 1.807) is 18.3 Å². The number of aromatic nitrogens is 4. The third-order valence-corrected chi connectivity index (χ3v) is 4.76. The van der Waals surface area contributed by atoms with E-state index in [4.69, 9.17) is 5.14 Å². The summed E-state index contributed by atoms with van der Waals surface area (Å²) in [6.07, 6.45) is 7.41. The number of primary sulfonamides is 1. The van der Waals surface area contributed by atoms with E-state index in [-0.39, 0.29) is 5.03 Å². The predicted molar refractivity (Wildman–Crippen MR) is 92.7 cm³/mol. The molecule has 4 rings (SSSR count). The van der Waals surface area contributed by atoms with Crippen LogP contribution in [-0.4, -0.2) is 28.4 Å². The standard InChI is InChI=1S/C16H16N6O2S/c17-25(23,24)15-4-3-11(8-20-15)16-18-6-5-14(22-16)21-12-7-13(19-9-12)10-1-2-10/h3-10,19H,1-2H2,(H2,17,23,24)(H,18,21,22). The van der Waals surface area contributed by atoms with Gasteiger partial charge in [0.05, 0.1) is 5.69 Å². The van der Waals surface area contributed by atoms with Crippen molar-refractivity contribution in [2.24, 2.45) is 5.14 Å². The highest BCUT2D eigenvalue weighted by molar-refractivity contribution is 7.89. The molecule has 9 heteroatoms. The van der Waals surface area contributed by atoms with Crippen LogP contribution >= 0.6 is 0 Å². The normalized spacial score (nSPS) is 14.4. The molecule has 0 bridgehead atoms. The molecule has 0 amide bonds. The average Bonchev–Trinajstić information content (AvgIpc) is 3.35. The molecular formula is C16H16N6O2S. The van der Waals surface area contributed by atoms with E-state index in [1.165, 1.54) is 30.8 Å². The van der Waals surface area contributed by atoms with Crippen LogP contribution in [0.15, 0.2) is 47.9 Å². The van der Waals surface area contributed by atoms with Crippen molar-refractivity contribution in [3.05, 3.63) is 48.5 Å². The maximum atomic E-state index is 11.3. The largest absolute Gasteiger partial charge is 0.363 e. The fourth-order valence-electron chi connectivity index (χ4n) is 2.51. The summed E-state index contributed by atoms with van der Waals surface area (Å²) in [4.78, 5) is 15.8. The summed E-state index contributed by atoms with van der Waals surface area (Å²) in [7, 11) is -3.82. The van der Waals surface area contributed by atoms with Crippen LogP contribution in [0.4, 0.5) is 11.5 Å². The highest BCUT2D eigenvalue weighted by atomic mass is 32.2. The lowest BCUT2D eigenvalue weighted by Gasteiger charge is -2.05. The lowest BCUT2D eigenvalue weighted by molar-refractivity contribution is 0.594. The fourth-order valence-corrected chi connectivity index (χ4v) is 2.97. The van der Waals surface area contributed by atoms with Crippen molar-refractivity contribution in [1.29, 1.82) is 0 Å². The Balaban J connectivity index is 1.56. The predicted octanol–water partition coefficient (Wildman–Crippen LogP) is 2.14. The zero-order chi connectivity index (χ0) is 17.4. The Morgan fingerprint density at radius 2 is 2.04 bits per heavy atom. The molecule has 8 nitrogen and oxygen atoms in total. The molecule has 3 aromatic heterocycles. The summed E-state index contributed by atoms with van der Waals surface area (Å²) in [5.41, 5.74) is 2.78. The first-order valence-corrected chi connectivity index (χ1v) is 9.31. The molecule has 128 valence electrons. The number of sulfonamides is 1. The van der Waals surface area contributed by atoms with Gasteiger partial charge in [0.1, 0.15) is 5.82 Å². The summed E-state index contributed by atoms with van der Waals surface area (Å²) < 4.78 is 22.5. The number of anilines is 2. The molecular weight excluding hydrogens is 340 g/mol. The van der Waals surface area contributed by atoms with Crippen molar-refractivity contribution in [1.82, 2.24) is 19.9 Å².